The minimum atomic E-state index is 0.500. The second kappa shape index (κ2) is 5.31. The Morgan fingerprint density at radius 1 is 0.680 bits per heavy atom. The molecule has 5 rings (SSSR count). The summed E-state index contributed by atoms with van der Waals surface area (Å²) in [4.78, 5) is 0. The molecule has 1 heterocycles. The maximum absolute atomic E-state index is 2.35. The molecule has 0 spiro atoms. The quantitative estimate of drug-likeness (QED) is 0.273. The van der Waals surface area contributed by atoms with Crippen LogP contribution in [0, 0.1) is 6.92 Å². The van der Waals surface area contributed by atoms with E-state index in [1.807, 2.05) is 11.3 Å². The molecule has 5 aromatic rings. The highest BCUT2D eigenvalue weighted by Crippen LogP contribution is 2.44. The Labute approximate surface area is 151 Å². The predicted molar refractivity (Wildman–Crippen MR) is 113 cm³/mol. The van der Waals surface area contributed by atoms with Gasteiger partial charge in [0.25, 0.3) is 0 Å². The van der Waals surface area contributed by atoms with Gasteiger partial charge in [-0.15, -0.1) is 11.3 Å². The molecule has 0 fully saturated rings. The predicted octanol–water partition coefficient (Wildman–Crippen LogP) is 7.79. The molecular formula is C24H20S. The Bertz CT molecular complexity index is 1270. The first-order chi connectivity index (χ1) is 12.2. The fourth-order valence-electron chi connectivity index (χ4n) is 4.33. The zero-order valence-corrected chi connectivity index (χ0v) is 15.6. The lowest BCUT2D eigenvalue weighted by Crippen LogP contribution is -1.95. The third-order valence-corrected chi connectivity index (χ3v) is 6.61. The summed E-state index contributed by atoms with van der Waals surface area (Å²) in [5.74, 6) is 0.500. The average Bonchev–Trinajstić information content (AvgIpc) is 3.00. The Morgan fingerprint density at radius 2 is 1.32 bits per heavy atom. The van der Waals surface area contributed by atoms with Crippen molar-refractivity contribution in [3.8, 4) is 0 Å². The lowest BCUT2D eigenvalue weighted by molar-refractivity contribution is 0.885. The molecule has 0 saturated carbocycles. The van der Waals surface area contributed by atoms with Crippen molar-refractivity contribution in [2.45, 2.75) is 26.7 Å². The van der Waals surface area contributed by atoms with E-state index >= 15 is 0 Å². The van der Waals surface area contributed by atoms with Crippen LogP contribution in [0.25, 0.3) is 41.7 Å². The van der Waals surface area contributed by atoms with E-state index in [1.165, 1.54) is 52.8 Å². The van der Waals surface area contributed by atoms with Crippen molar-refractivity contribution in [1.82, 2.24) is 0 Å². The minimum Gasteiger partial charge on any atom is -0.135 e. The normalized spacial score (nSPS) is 12.2. The van der Waals surface area contributed by atoms with E-state index in [4.69, 9.17) is 0 Å². The van der Waals surface area contributed by atoms with Crippen LogP contribution in [-0.2, 0) is 0 Å². The number of hydrogen-bond acceptors (Lipinski definition) is 1. The van der Waals surface area contributed by atoms with Crippen molar-refractivity contribution in [2.75, 3.05) is 0 Å². The Hall–Kier alpha value is -2.38. The molecule has 1 aromatic heterocycles. The summed E-state index contributed by atoms with van der Waals surface area (Å²) >= 11 is 1.93. The van der Waals surface area contributed by atoms with E-state index < -0.39 is 0 Å². The van der Waals surface area contributed by atoms with Crippen LogP contribution in [-0.4, -0.2) is 0 Å². The first-order valence-electron chi connectivity index (χ1n) is 8.92. The van der Waals surface area contributed by atoms with Crippen molar-refractivity contribution in [3.05, 3.63) is 71.8 Å². The highest BCUT2D eigenvalue weighted by atomic mass is 32.1. The van der Waals surface area contributed by atoms with E-state index in [1.54, 1.807) is 0 Å². The number of benzene rings is 4. The summed E-state index contributed by atoms with van der Waals surface area (Å²) in [6.45, 7) is 6.91. The van der Waals surface area contributed by atoms with E-state index in [-0.39, 0.29) is 0 Å². The lowest BCUT2D eigenvalue weighted by atomic mass is 9.87. The number of hydrogen-bond donors (Lipinski definition) is 0. The maximum atomic E-state index is 2.35. The van der Waals surface area contributed by atoms with Gasteiger partial charge in [0.15, 0.2) is 0 Å². The SMILES string of the molecule is Cc1c2ccccc2c(C(C)C)c2ccc3c4ccccc4sc3c12. The van der Waals surface area contributed by atoms with E-state index in [2.05, 4.69) is 81.4 Å². The van der Waals surface area contributed by atoms with Crippen molar-refractivity contribution < 1.29 is 0 Å². The molecule has 122 valence electrons. The smallest absolute Gasteiger partial charge is 0.0436 e. The summed E-state index contributed by atoms with van der Waals surface area (Å²) in [5, 5.41) is 8.43. The zero-order valence-electron chi connectivity index (χ0n) is 14.8. The van der Waals surface area contributed by atoms with Crippen LogP contribution in [0.4, 0.5) is 0 Å². The summed E-state index contributed by atoms with van der Waals surface area (Å²) in [6.07, 6.45) is 0. The summed E-state index contributed by atoms with van der Waals surface area (Å²) < 4.78 is 2.81. The topological polar surface area (TPSA) is 0 Å². The molecule has 0 unspecified atom stereocenters. The molecule has 4 aromatic carbocycles. The van der Waals surface area contributed by atoms with Gasteiger partial charge in [0.2, 0.25) is 0 Å². The first-order valence-corrected chi connectivity index (χ1v) is 9.73. The largest absolute Gasteiger partial charge is 0.135 e. The third kappa shape index (κ3) is 1.99. The molecule has 0 aliphatic carbocycles. The van der Waals surface area contributed by atoms with Crippen molar-refractivity contribution in [2.24, 2.45) is 0 Å². The standard InChI is InChI=1S/C24H20S/c1-14(2)22-18-10-5-4-8-16(18)15(3)23-20(22)13-12-19-17-9-6-7-11-21(17)25-24(19)23/h4-14H,1-3H3. The van der Waals surface area contributed by atoms with Crippen LogP contribution in [0.1, 0.15) is 30.9 Å². The molecule has 0 nitrogen and oxygen atoms in total. The number of rotatable bonds is 1. The van der Waals surface area contributed by atoms with Gasteiger partial charge in [-0.25, -0.2) is 0 Å². The zero-order chi connectivity index (χ0) is 17.1. The van der Waals surface area contributed by atoms with Crippen LogP contribution in [0.5, 0.6) is 0 Å². The van der Waals surface area contributed by atoms with E-state index in [9.17, 15) is 0 Å². The fourth-order valence-corrected chi connectivity index (χ4v) is 5.64. The monoisotopic (exact) mass is 340 g/mol. The highest BCUT2D eigenvalue weighted by molar-refractivity contribution is 7.26. The van der Waals surface area contributed by atoms with Crippen LogP contribution in [0.15, 0.2) is 60.7 Å². The second-order valence-corrected chi connectivity index (χ2v) is 8.25. The van der Waals surface area contributed by atoms with Crippen LogP contribution < -0.4 is 0 Å². The summed E-state index contributed by atoms with van der Waals surface area (Å²) in [5.41, 5.74) is 2.89. The van der Waals surface area contributed by atoms with Crippen LogP contribution in [0.2, 0.25) is 0 Å². The lowest BCUT2D eigenvalue weighted by Gasteiger charge is -2.18. The van der Waals surface area contributed by atoms with Gasteiger partial charge in [-0.05, 0) is 46.2 Å². The first kappa shape index (κ1) is 14.9. The van der Waals surface area contributed by atoms with Crippen molar-refractivity contribution in [1.29, 1.82) is 0 Å². The average molecular weight is 340 g/mol. The molecule has 0 atom stereocenters. The number of thiophene rings is 1. The van der Waals surface area contributed by atoms with Gasteiger partial charge in [0, 0.05) is 25.6 Å². The molecule has 0 aliphatic heterocycles. The van der Waals surface area contributed by atoms with Crippen LogP contribution in [0.3, 0.4) is 0 Å². The molecule has 0 saturated heterocycles. The van der Waals surface area contributed by atoms with Crippen LogP contribution >= 0.6 is 11.3 Å². The second-order valence-electron chi connectivity index (χ2n) is 7.20. The Balaban J connectivity index is 2.11. The number of aryl methyl sites for hydroxylation is 1. The van der Waals surface area contributed by atoms with Gasteiger partial charge in [-0.3, -0.25) is 0 Å². The third-order valence-electron chi connectivity index (χ3n) is 5.41. The fraction of sp³-hybridized carbons (Fsp3) is 0.167. The number of fused-ring (bicyclic) bond motifs is 6. The van der Waals surface area contributed by atoms with Gasteiger partial charge < -0.3 is 0 Å². The Morgan fingerprint density at radius 3 is 2.08 bits per heavy atom. The summed E-state index contributed by atoms with van der Waals surface area (Å²) in [6, 6.07) is 22.4. The summed E-state index contributed by atoms with van der Waals surface area (Å²) in [7, 11) is 0. The van der Waals surface area contributed by atoms with Crippen molar-refractivity contribution in [3.63, 3.8) is 0 Å². The molecular weight excluding hydrogens is 320 g/mol. The van der Waals surface area contributed by atoms with Gasteiger partial charge in [0.1, 0.15) is 0 Å². The molecule has 0 radical (unpaired) electrons. The molecule has 0 amide bonds. The van der Waals surface area contributed by atoms with Gasteiger partial charge in [-0.2, -0.15) is 0 Å². The molecule has 0 bridgehead atoms. The van der Waals surface area contributed by atoms with E-state index in [0.717, 1.165) is 0 Å². The molecule has 25 heavy (non-hydrogen) atoms. The van der Waals surface area contributed by atoms with Gasteiger partial charge in [-0.1, -0.05) is 68.4 Å². The molecule has 0 N–H and O–H groups in total. The molecule has 0 aliphatic rings. The maximum Gasteiger partial charge on any atom is 0.0436 e. The van der Waals surface area contributed by atoms with Crippen molar-refractivity contribution >= 4 is 53.1 Å². The highest BCUT2D eigenvalue weighted by Gasteiger charge is 2.17. The van der Waals surface area contributed by atoms with E-state index in [0.29, 0.717) is 5.92 Å². The van der Waals surface area contributed by atoms with Gasteiger partial charge in [0.05, 0.1) is 0 Å². The minimum absolute atomic E-state index is 0.500. The Kier molecular flexibility index (Phi) is 3.17. The molecule has 1 heteroatoms. The van der Waals surface area contributed by atoms with Gasteiger partial charge >= 0.3 is 0 Å².